The Morgan fingerprint density at radius 1 is 0.444 bits per heavy atom. The monoisotopic (exact) mass is 537 g/mol. The summed E-state index contributed by atoms with van der Waals surface area (Å²) in [6.07, 6.45) is 2.63. The van der Waals surface area contributed by atoms with Gasteiger partial charge in [0, 0.05) is 15.1 Å². The molecule has 0 spiro atoms. The van der Waals surface area contributed by atoms with Gasteiger partial charge in [-0.05, 0) is 53.1 Å². The molecule has 1 heterocycles. The molecule has 9 heteroatoms. The van der Waals surface area contributed by atoms with Crippen molar-refractivity contribution in [3.05, 3.63) is 141 Å². The molecule has 4 aromatic rings. The highest BCUT2D eigenvalue weighted by atomic mass is 35.5. The molecular formula is C27H18Cl3N3O3. The molecule has 1 aromatic heterocycles. The van der Waals surface area contributed by atoms with Crippen molar-refractivity contribution in [2.45, 2.75) is 0 Å². The number of aliphatic hydroxyl groups excluding tert-OH is 3. The Morgan fingerprint density at radius 2 is 0.667 bits per heavy atom. The van der Waals surface area contributed by atoms with Crippen molar-refractivity contribution in [2.24, 2.45) is 0 Å². The van der Waals surface area contributed by atoms with E-state index < -0.39 is 0 Å². The lowest BCUT2D eigenvalue weighted by molar-refractivity contribution is 0.475. The fraction of sp³-hybridized carbons (Fsp3) is 0. The van der Waals surface area contributed by atoms with Gasteiger partial charge in [0.1, 0.15) is 0 Å². The molecule has 0 saturated heterocycles. The van der Waals surface area contributed by atoms with Gasteiger partial charge in [-0.3, -0.25) is 0 Å². The second-order valence-corrected chi connectivity index (χ2v) is 8.76. The van der Waals surface area contributed by atoms with Gasteiger partial charge < -0.3 is 15.3 Å². The maximum atomic E-state index is 10.1. The highest BCUT2D eigenvalue weighted by Crippen LogP contribution is 2.29. The van der Waals surface area contributed by atoms with E-state index in [1.54, 1.807) is 72.8 Å². The summed E-state index contributed by atoms with van der Waals surface area (Å²) in [5.41, 5.74) is 2.60. The van der Waals surface area contributed by atoms with Gasteiger partial charge in [-0.2, -0.15) is 0 Å². The Hall–Kier alpha value is -3.84. The smallest absolute Gasteiger partial charge is 0.167 e. The molecule has 0 atom stereocenters. The average molecular weight is 539 g/mol. The average Bonchev–Trinajstić information content (AvgIpc) is 2.89. The van der Waals surface area contributed by atoms with Gasteiger partial charge in [0.25, 0.3) is 0 Å². The Kier molecular flexibility index (Phi) is 7.90. The molecule has 0 aliphatic carbocycles. The molecule has 0 saturated carbocycles. The number of hydrogen-bond acceptors (Lipinski definition) is 6. The van der Waals surface area contributed by atoms with Crippen LogP contribution < -0.4 is 0 Å². The number of aromatic nitrogens is 3. The fourth-order valence-electron chi connectivity index (χ4n) is 3.41. The van der Waals surface area contributed by atoms with Crippen LogP contribution in [0.2, 0.25) is 15.1 Å². The van der Waals surface area contributed by atoms with Gasteiger partial charge in [0.05, 0.1) is 35.5 Å². The maximum absolute atomic E-state index is 10.1. The van der Waals surface area contributed by atoms with Crippen LogP contribution in [0.3, 0.4) is 0 Å². The van der Waals surface area contributed by atoms with Crippen molar-refractivity contribution in [2.75, 3.05) is 0 Å². The summed E-state index contributed by atoms with van der Waals surface area (Å²) < 4.78 is 0. The molecule has 0 unspecified atom stereocenters. The quantitative estimate of drug-likeness (QED) is 0.218. The predicted molar refractivity (Wildman–Crippen MR) is 143 cm³/mol. The fourth-order valence-corrected chi connectivity index (χ4v) is 3.79. The first-order valence-corrected chi connectivity index (χ1v) is 11.6. The molecule has 3 N–H and O–H groups in total. The summed E-state index contributed by atoms with van der Waals surface area (Å²) in [7, 11) is 0. The van der Waals surface area contributed by atoms with Crippen LogP contribution >= 0.6 is 34.8 Å². The minimum absolute atomic E-state index is 0.0986. The molecule has 0 fully saturated rings. The van der Waals surface area contributed by atoms with E-state index >= 15 is 0 Å². The van der Waals surface area contributed by atoms with E-state index in [0.717, 1.165) is 18.8 Å². The van der Waals surface area contributed by atoms with Crippen LogP contribution in [-0.4, -0.2) is 30.3 Å². The van der Waals surface area contributed by atoms with Crippen molar-refractivity contribution in [1.29, 1.82) is 0 Å². The van der Waals surface area contributed by atoms with Crippen molar-refractivity contribution in [3.63, 3.8) is 0 Å². The summed E-state index contributed by atoms with van der Waals surface area (Å²) in [4.78, 5) is 13.6. The first-order valence-electron chi connectivity index (χ1n) is 10.5. The van der Waals surface area contributed by atoms with Gasteiger partial charge >= 0.3 is 0 Å². The summed E-state index contributed by atoms with van der Waals surface area (Å²) in [5, 5.41) is 31.9. The molecule has 180 valence electrons. The van der Waals surface area contributed by atoms with E-state index in [9.17, 15) is 15.3 Å². The first kappa shape index (κ1) is 25.3. The summed E-state index contributed by atoms with van der Waals surface area (Å²) in [6, 6.07) is 20.3. The van der Waals surface area contributed by atoms with Crippen LogP contribution in [0.4, 0.5) is 0 Å². The third kappa shape index (κ3) is 5.52. The Bertz CT molecular complexity index is 1270. The second-order valence-electron chi connectivity index (χ2n) is 7.46. The molecule has 4 rings (SSSR count). The van der Waals surface area contributed by atoms with Crippen LogP contribution in [0.5, 0.6) is 0 Å². The third-order valence-electron chi connectivity index (χ3n) is 5.21. The summed E-state index contributed by atoms with van der Waals surface area (Å²) in [6.45, 7) is 0. The Balaban J connectivity index is 1.93. The van der Waals surface area contributed by atoms with Crippen LogP contribution in [0.25, 0.3) is 16.7 Å². The van der Waals surface area contributed by atoms with Crippen LogP contribution in [0.1, 0.15) is 34.2 Å². The predicted octanol–water partition coefficient (Wildman–Crippen LogP) is 7.67. The number of halogens is 3. The van der Waals surface area contributed by atoms with Gasteiger partial charge in [-0.15, -0.1) is 0 Å². The van der Waals surface area contributed by atoms with Gasteiger partial charge in [0.2, 0.25) is 0 Å². The SMILES string of the molecule is O/C=C(/c1ccc(Cl)cc1)c1nc(/C(=C\O)c2ccc(Cl)cc2)nc(/C(=C\O)c2ccc(Cl)cc2)n1. The van der Waals surface area contributed by atoms with E-state index in [0.29, 0.717) is 31.8 Å². The van der Waals surface area contributed by atoms with Gasteiger partial charge in [-0.1, -0.05) is 71.2 Å². The zero-order valence-electron chi connectivity index (χ0n) is 18.5. The van der Waals surface area contributed by atoms with Crippen molar-refractivity contribution in [1.82, 2.24) is 15.0 Å². The molecule has 0 aliphatic rings. The molecule has 6 nitrogen and oxygen atoms in total. The molecule has 0 amide bonds. The van der Waals surface area contributed by atoms with E-state index in [-0.39, 0.29) is 34.2 Å². The highest BCUT2D eigenvalue weighted by Gasteiger charge is 2.20. The topological polar surface area (TPSA) is 99.4 Å². The lowest BCUT2D eigenvalue weighted by Gasteiger charge is -2.13. The number of hydrogen-bond donors (Lipinski definition) is 3. The van der Waals surface area contributed by atoms with Crippen LogP contribution in [0, 0.1) is 0 Å². The standard InChI is InChI=1S/C27H18Cl3N3O3/c28-19-7-1-16(2-8-19)22(13-34)25-31-26(23(14-35)17-3-9-20(29)10-4-17)33-27(32-25)24(15-36)18-5-11-21(30)12-6-18/h1-15,34-36H/b22-13-,23-14-,24-15-. The van der Waals surface area contributed by atoms with Crippen molar-refractivity contribution < 1.29 is 15.3 Å². The summed E-state index contributed by atoms with van der Waals surface area (Å²) in [5.74, 6) is 0.296. The van der Waals surface area contributed by atoms with E-state index in [4.69, 9.17) is 34.8 Å². The van der Waals surface area contributed by atoms with Gasteiger partial charge in [0.15, 0.2) is 17.5 Å². The van der Waals surface area contributed by atoms with Crippen molar-refractivity contribution >= 4 is 51.5 Å². The normalized spacial score (nSPS) is 12.6. The van der Waals surface area contributed by atoms with Crippen LogP contribution in [0.15, 0.2) is 91.6 Å². The number of nitrogens with zero attached hydrogens (tertiary/aromatic N) is 3. The lowest BCUT2D eigenvalue weighted by atomic mass is 10.0. The largest absolute Gasteiger partial charge is 0.515 e. The molecule has 0 aliphatic heterocycles. The molecule has 36 heavy (non-hydrogen) atoms. The Morgan fingerprint density at radius 3 is 0.861 bits per heavy atom. The van der Waals surface area contributed by atoms with Crippen molar-refractivity contribution in [3.8, 4) is 0 Å². The Labute approximate surface area is 222 Å². The van der Waals surface area contributed by atoms with Gasteiger partial charge in [-0.25, -0.2) is 15.0 Å². The molecule has 0 radical (unpaired) electrons. The lowest BCUT2D eigenvalue weighted by Crippen LogP contribution is -2.09. The molecular weight excluding hydrogens is 521 g/mol. The minimum Gasteiger partial charge on any atom is -0.515 e. The zero-order valence-corrected chi connectivity index (χ0v) is 20.7. The number of rotatable bonds is 6. The maximum Gasteiger partial charge on any atom is 0.167 e. The van der Waals surface area contributed by atoms with E-state index in [2.05, 4.69) is 15.0 Å². The summed E-state index contributed by atoms with van der Waals surface area (Å²) >= 11 is 18.1. The molecule has 3 aromatic carbocycles. The number of benzene rings is 3. The third-order valence-corrected chi connectivity index (χ3v) is 5.97. The number of aliphatic hydroxyl groups is 3. The minimum atomic E-state index is 0.0986. The van der Waals surface area contributed by atoms with E-state index in [1.165, 1.54) is 0 Å². The second kappa shape index (κ2) is 11.3. The van der Waals surface area contributed by atoms with E-state index in [1.807, 2.05) is 0 Å². The first-order chi connectivity index (χ1) is 17.4. The molecule has 0 bridgehead atoms. The highest BCUT2D eigenvalue weighted by molar-refractivity contribution is 6.31. The van der Waals surface area contributed by atoms with Crippen LogP contribution in [-0.2, 0) is 0 Å². The zero-order chi connectivity index (χ0) is 25.7.